The molecule has 0 atom stereocenters. The number of primary amides is 1. The average molecular weight is 266 g/mol. The van der Waals surface area contributed by atoms with Crippen molar-refractivity contribution in [3.63, 3.8) is 0 Å². The highest BCUT2D eigenvalue weighted by Gasteiger charge is 2.13. The summed E-state index contributed by atoms with van der Waals surface area (Å²) in [6.07, 6.45) is 0. The van der Waals surface area contributed by atoms with Gasteiger partial charge < -0.3 is 10.8 Å². The number of rotatable bonds is 1. The van der Waals surface area contributed by atoms with Crippen LogP contribution in [0.15, 0.2) is 34.8 Å². The Hall–Kier alpha value is -1.55. The van der Waals surface area contributed by atoms with Gasteiger partial charge >= 0.3 is 0 Å². The first kappa shape index (κ1) is 9.98. The van der Waals surface area contributed by atoms with Crippen molar-refractivity contribution in [2.75, 3.05) is 0 Å². The quantitative estimate of drug-likeness (QED) is 0.832. The number of hydrogen-bond acceptors (Lipinski definition) is 2. The molecule has 0 unspecified atom stereocenters. The molecule has 0 spiro atoms. The molecular formula is C11H8BrNO2. The monoisotopic (exact) mass is 265 g/mol. The maximum Gasteiger partial charge on any atom is 0.252 e. The second-order valence-corrected chi connectivity index (χ2v) is 4.02. The van der Waals surface area contributed by atoms with Crippen LogP contribution in [0.2, 0.25) is 0 Å². The normalized spacial score (nSPS) is 10.5. The summed E-state index contributed by atoms with van der Waals surface area (Å²) < 4.78 is 0.740. The van der Waals surface area contributed by atoms with E-state index in [1.54, 1.807) is 12.1 Å². The highest BCUT2D eigenvalue weighted by atomic mass is 79.9. The Balaban J connectivity index is 2.90. The van der Waals surface area contributed by atoms with Crippen LogP contribution < -0.4 is 5.73 Å². The lowest BCUT2D eigenvalue weighted by atomic mass is 10.1. The number of nitrogens with two attached hydrogens (primary N) is 1. The van der Waals surface area contributed by atoms with Crippen LogP contribution in [-0.2, 0) is 0 Å². The molecule has 2 aromatic rings. The SMILES string of the molecule is NC(=O)c1cc(Br)c2ccccc2c1O. The molecule has 76 valence electrons. The summed E-state index contributed by atoms with van der Waals surface area (Å²) in [5.41, 5.74) is 5.28. The van der Waals surface area contributed by atoms with Crippen molar-refractivity contribution in [1.82, 2.24) is 0 Å². The second-order valence-electron chi connectivity index (χ2n) is 3.16. The third-order valence-corrected chi connectivity index (χ3v) is 2.89. The van der Waals surface area contributed by atoms with Crippen LogP contribution in [0.4, 0.5) is 0 Å². The smallest absolute Gasteiger partial charge is 0.252 e. The topological polar surface area (TPSA) is 63.3 Å². The van der Waals surface area contributed by atoms with Gasteiger partial charge in [-0.15, -0.1) is 0 Å². The van der Waals surface area contributed by atoms with E-state index in [4.69, 9.17) is 5.73 Å². The Morgan fingerprint density at radius 2 is 1.87 bits per heavy atom. The van der Waals surface area contributed by atoms with Crippen LogP contribution in [0.25, 0.3) is 10.8 Å². The first-order chi connectivity index (χ1) is 7.11. The van der Waals surface area contributed by atoms with Crippen molar-refractivity contribution in [3.8, 4) is 5.75 Å². The van der Waals surface area contributed by atoms with Crippen LogP contribution in [-0.4, -0.2) is 11.0 Å². The predicted octanol–water partition coefficient (Wildman–Crippen LogP) is 2.41. The van der Waals surface area contributed by atoms with Gasteiger partial charge in [-0.25, -0.2) is 0 Å². The van der Waals surface area contributed by atoms with Crippen molar-refractivity contribution in [2.45, 2.75) is 0 Å². The molecule has 0 aliphatic heterocycles. The number of phenols is 1. The number of carbonyl (C=O) groups is 1. The van der Waals surface area contributed by atoms with Crippen molar-refractivity contribution >= 4 is 32.6 Å². The fourth-order valence-electron chi connectivity index (χ4n) is 1.50. The maximum atomic E-state index is 11.1. The summed E-state index contributed by atoms with van der Waals surface area (Å²) >= 11 is 3.33. The molecule has 0 saturated carbocycles. The lowest BCUT2D eigenvalue weighted by Crippen LogP contribution is -2.11. The standard InChI is InChI=1S/C11H8BrNO2/c12-9-5-8(11(13)15)10(14)7-4-2-1-3-6(7)9/h1-5,14H,(H2,13,15). The molecule has 0 aliphatic carbocycles. The van der Waals surface area contributed by atoms with E-state index in [2.05, 4.69) is 15.9 Å². The highest BCUT2D eigenvalue weighted by Crippen LogP contribution is 2.33. The number of benzene rings is 2. The number of hydrogen-bond donors (Lipinski definition) is 2. The molecule has 0 aliphatic rings. The first-order valence-corrected chi connectivity index (χ1v) is 5.10. The van der Waals surface area contributed by atoms with Crippen LogP contribution >= 0.6 is 15.9 Å². The number of aromatic hydroxyl groups is 1. The van der Waals surface area contributed by atoms with E-state index in [0.717, 1.165) is 9.86 Å². The van der Waals surface area contributed by atoms with Gasteiger partial charge in [0.2, 0.25) is 0 Å². The van der Waals surface area contributed by atoms with Crippen LogP contribution in [0.5, 0.6) is 5.75 Å². The zero-order valence-corrected chi connectivity index (χ0v) is 9.28. The van der Waals surface area contributed by atoms with Crippen molar-refractivity contribution in [1.29, 1.82) is 0 Å². The molecule has 0 saturated heterocycles. The third kappa shape index (κ3) is 1.57. The summed E-state index contributed by atoms with van der Waals surface area (Å²) in [6, 6.07) is 8.77. The van der Waals surface area contributed by atoms with Gasteiger partial charge in [0.1, 0.15) is 5.75 Å². The van der Waals surface area contributed by atoms with E-state index in [1.807, 2.05) is 12.1 Å². The van der Waals surface area contributed by atoms with Crippen molar-refractivity contribution < 1.29 is 9.90 Å². The van der Waals surface area contributed by atoms with Crippen LogP contribution in [0.1, 0.15) is 10.4 Å². The van der Waals surface area contributed by atoms with Gasteiger partial charge in [0.15, 0.2) is 0 Å². The predicted molar refractivity (Wildman–Crippen MR) is 61.8 cm³/mol. The molecule has 0 aromatic heterocycles. The lowest BCUT2D eigenvalue weighted by molar-refractivity contribution is 0.0998. The average Bonchev–Trinajstić information content (AvgIpc) is 2.23. The molecule has 2 aromatic carbocycles. The molecule has 1 amide bonds. The first-order valence-electron chi connectivity index (χ1n) is 4.31. The van der Waals surface area contributed by atoms with E-state index in [1.165, 1.54) is 6.07 Å². The molecule has 0 fully saturated rings. The number of carbonyl (C=O) groups excluding carboxylic acids is 1. The Morgan fingerprint density at radius 3 is 2.47 bits per heavy atom. The number of halogens is 1. The van der Waals surface area contributed by atoms with E-state index < -0.39 is 5.91 Å². The molecular weight excluding hydrogens is 258 g/mol. The van der Waals surface area contributed by atoms with Gasteiger partial charge in [-0.05, 0) is 11.5 Å². The Labute approximate surface area is 94.6 Å². The third-order valence-electron chi connectivity index (χ3n) is 2.23. The molecule has 4 heteroatoms. The van der Waals surface area contributed by atoms with Crippen LogP contribution in [0, 0.1) is 0 Å². The van der Waals surface area contributed by atoms with E-state index in [0.29, 0.717) is 5.39 Å². The molecule has 0 radical (unpaired) electrons. The van der Waals surface area contributed by atoms with Gasteiger partial charge in [-0.2, -0.15) is 0 Å². The molecule has 3 nitrogen and oxygen atoms in total. The van der Waals surface area contributed by atoms with Gasteiger partial charge in [0.25, 0.3) is 5.91 Å². The molecule has 2 rings (SSSR count). The van der Waals surface area contributed by atoms with Gasteiger partial charge in [0, 0.05) is 9.86 Å². The molecule has 0 bridgehead atoms. The molecule has 0 heterocycles. The summed E-state index contributed by atoms with van der Waals surface area (Å²) in [5.74, 6) is -0.708. The van der Waals surface area contributed by atoms with Gasteiger partial charge in [0.05, 0.1) is 5.56 Å². The zero-order chi connectivity index (χ0) is 11.0. The largest absolute Gasteiger partial charge is 0.506 e. The van der Waals surface area contributed by atoms with Crippen molar-refractivity contribution in [2.24, 2.45) is 5.73 Å². The Morgan fingerprint density at radius 1 is 1.27 bits per heavy atom. The van der Waals surface area contributed by atoms with Crippen molar-refractivity contribution in [3.05, 3.63) is 40.4 Å². The Kier molecular flexibility index (Phi) is 2.36. The minimum absolute atomic E-state index is 0.0682. The zero-order valence-electron chi connectivity index (χ0n) is 7.70. The fourth-order valence-corrected chi connectivity index (χ4v) is 2.08. The van der Waals surface area contributed by atoms with Crippen LogP contribution in [0.3, 0.4) is 0 Å². The summed E-state index contributed by atoms with van der Waals surface area (Å²) in [7, 11) is 0. The fraction of sp³-hybridized carbons (Fsp3) is 0. The maximum absolute atomic E-state index is 11.1. The minimum atomic E-state index is -0.640. The highest BCUT2D eigenvalue weighted by molar-refractivity contribution is 9.10. The van der Waals surface area contributed by atoms with Gasteiger partial charge in [-0.1, -0.05) is 40.2 Å². The second kappa shape index (κ2) is 3.55. The number of amides is 1. The van der Waals surface area contributed by atoms with E-state index in [-0.39, 0.29) is 11.3 Å². The van der Waals surface area contributed by atoms with E-state index >= 15 is 0 Å². The minimum Gasteiger partial charge on any atom is -0.506 e. The van der Waals surface area contributed by atoms with E-state index in [9.17, 15) is 9.90 Å². The lowest BCUT2D eigenvalue weighted by Gasteiger charge is -2.07. The molecule has 15 heavy (non-hydrogen) atoms. The molecule has 3 N–H and O–H groups in total. The Bertz CT molecular complexity index is 552. The van der Waals surface area contributed by atoms with Gasteiger partial charge in [-0.3, -0.25) is 4.79 Å². The summed E-state index contributed by atoms with van der Waals surface area (Å²) in [5, 5.41) is 11.3. The summed E-state index contributed by atoms with van der Waals surface area (Å²) in [4.78, 5) is 11.1. The number of fused-ring (bicyclic) bond motifs is 1. The summed E-state index contributed by atoms with van der Waals surface area (Å²) in [6.45, 7) is 0.